The van der Waals surface area contributed by atoms with Crippen LogP contribution in [0.2, 0.25) is 0 Å². The molecule has 0 bridgehead atoms. The van der Waals surface area contributed by atoms with E-state index in [0.29, 0.717) is 0 Å². The second-order valence-corrected chi connectivity index (χ2v) is 4.12. The van der Waals surface area contributed by atoms with Crippen molar-refractivity contribution in [3.63, 3.8) is 0 Å². The van der Waals surface area contributed by atoms with Crippen LogP contribution in [0.15, 0.2) is 35.8 Å². The lowest BCUT2D eigenvalue weighted by Gasteiger charge is -1.88. The molecule has 0 aliphatic rings. The summed E-state index contributed by atoms with van der Waals surface area (Å²) in [5.41, 5.74) is 3.08. The minimum absolute atomic E-state index is 1.11. The van der Waals surface area contributed by atoms with E-state index in [0.717, 1.165) is 5.01 Å². The Balaban J connectivity index is 2.46. The second-order valence-electron chi connectivity index (χ2n) is 2.09. The van der Waals surface area contributed by atoms with Crippen molar-refractivity contribution in [3.05, 3.63) is 35.8 Å². The Morgan fingerprint density at radius 2 is 2.00 bits per heavy atom. The lowest BCUT2D eigenvalue weighted by molar-refractivity contribution is 1.44. The molecule has 0 radical (unpaired) electrons. The third kappa shape index (κ3) is 1.44. The Hall–Kier alpha value is -0.800. The summed E-state index contributed by atoms with van der Waals surface area (Å²) in [6.45, 7) is 0. The molecule has 0 N–H and O–H groups in total. The van der Waals surface area contributed by atoms with E-state index >= 15 is 0 Å². The number of aromatic nitrogens is 1. The van der Waals surface area contributed by atoms with Crippen LogP contribution >= 0.6 is 20.7 Å². The summed E-state index contributed by atoms with van der Waals surface area (Å²) in [5, 5.41) is 1.11. The van der Waals surface area contributed by atoms with Gasteiger partial charge in [0.05, 0.1) is 0 Å². The largest absolute Gasteiger partial charge is 0.315 e. The van der Waals surface area contributed by atoms with Crippen molar-refractivity contribution in [1.82, 2.24) is 4.98 Å². The van der Waals surface area contributed by atoms with Gasteiger partial charge in [0, 0.05) is 5.56 Å². The standard InChI is InChI=1S/C8H6NS2/c1-2-4-7(5-3-1)8-9-6-10-11-8/h1-6H/q+1. The number of rotatable bonds is 1. The summed E-state index contributed by atoms with van der Waals surface area (Å²) in [6, 6.07) is 10.2. The number of nitrogens with zero attached hydrogens (tertiary/aromatic N) is 1. The maximum atomic E-state index is 4.22. The van der Waals surface area contributed by atoms with Crippen molar-refractivity contribution in [3.8, 4) is 10.6 Å². The summed E-state index contributed by atoms with van der Waals surface area (Å²) in [5.74, 6) is 0. The van der Waals surface area contributed by atoms with Crippen molar-refractivity contribution >= 4 is 20.7 Å². The van der Waals surface area contributed by atoms with Crippen molar-refractivity contribution in [1.29, 1.82) is 0 Å². The summed E-state index contributed by atoms with van der Waals surface area (Å²) in [7, 11) is 3.37. The van der Waals surface area contributed by atoms with Gasteiger partial charge in [-0.2, -0.15) is 4.98 Å². The van der Waals surface area contributed by atoms with Gasteiger partial charge in [-0.1, -0.05) is 30.3 Å². The maximum absolute atomic E-state index is 4.22. The first-order valence-electron chi connectivity index (χ1n) is 3.25. The van der Waals surface area contributed by atoms with Gasteiger partial charge in [-0.15, -0.1) is 0 Å². The van der Waals surface area contributed by atoms with Gasteiger partial charge in [0.2, 0.25) is 0 Å². The van der Waals surface area contributed by atoms with Gasteiger partial charge in [0.25, 0.3) is 0 Å². The molecule has 0 spiro atoms. The average molecular weight is 180 g/mol. The molecule has 54 valence electrons. The highest BCUT2D eigenvalue weighted by Crippen LogP contribution is 2.23. The zero-order chi connectivity index (χ0) is 7.52. The molecule has 0 saturated carbocycles. The maximum Gasteiger partial charge on any atom is 0.315 e. The molecule has 1 aromatic carbocycles. The van der Waals surface area contributed by atoms with E-state index in [9.17, 15) is 0 Å². The van der Waals surface area contributed by atoms with Crippen LogP contribution in [-0.2, 0) is 0 Å². The van der Waals surface area contributed by atoms with Gasteiger partial charge in [-0.3, -0.25) is 0 Å². The molecule has 3 heteroatoms. The SMILES string of the molecule is c1ccc(-c2nc[s+]s2)cc1. The monoisotopic (exact) mass is 180 g/mol. The molecule has 1 heterocycles. The Morgan fingerprint density at radius 3 is 2.64 bits per heavy atom. The highest BCUT2D eigenvalue weighted by Gasteiger charge is 2.05. The van der Waals surface area contributed by atoms with Crippen LogP contribution in [0.5, 0.6) is 0 Å². The molecule has 0 aliphatic heterocycles. The van der Waals surface area contributed by atoms with Gasteiger partial charge >= 0.3 is 15.9 Å². The van der Waals surface area contributed by atoms with E-state index in [2.05, 4.69) is 17.1 Å². The van der Waals surface area contributed by atoms with E-state index in [1.807, 2.05) is 23.7 Å². The van der Waals surface area contributed by atoms with Gasteiger partial charge in [-0.25, -0.2) is 0 Å². The quantitative estimate of drug-likeness (QED) is 0.485. The van der Waals surface area contributed by atoms with Crippen LogP contribution in [0.3, 0.4) is 0 Å². The summed E-state index contributed by atoms with van der Waals surface area (Å²) >= 11 is 0. The topological polar surface area (TPSA) is 12.9 Å². The molecule has 1 aromatic heterocycles. The van der Waals surface area contributed by atoms with Crippen LogP contribution in [-0.4, -0.2) is 4.98 Å². The number of hydrogen-bond donors (Lipinski definition) is 0. The fourth-order valence-corrected chi connectivity index (χ4v) is 2.49. The van der Waals surface area contributed by atoms with Crippen LogP contribution in [0.25, 0.3) is 10.6 Å². The smallest absolute Gasteiger partial charge is 0.183 e. The van der Waals surface area contributed by atoms with E-state index in [1.165, 1.54) is 5.56 Å². The molecular formula is C8H6NS2+. The van der Waals surface area contributed by atoms with Gasteiger partial charge in [0.1, 0.15) is 0 Å². The van der Waals surface area contributed by atoms with Crippen LogP contribution in [0, 0.1) is 0 Å². The van der Waals surface area contributed by atoms with Crippen LogP contribution in [0.1, 0.15) is 0 Å². The van der Waals surface area contributed by atoms with E-state index in [-0.39, 0.29) is 0 Å². The molecule has 11 heavy (non-hydrogen) atoms. The Kier molecular flexibility index (Phi) is 1.92. The van der Waals surface area contributed by atoms with Crippen molar-refractivity contribution in [2.24, 2.45) is 0 Å². The molecule has 0 unspecified atom stereocenters. The molecule has 2 rings (SSSR count). The first-order valence-corrected chi connectivity index (χ1v) is 5.46. The van der Waals surface area contributed by atoms with Crippen molar-refractivity contribution in [2.45, 2.75) is 0 Å². The first-order chi connectivity index (χ1) is 5.47. The van der Waals surface area contributed by atoms with Crippen molar-refractivity contribution < 1.29 is 0 Å². The molecule has 0 amide bonds. The van der Waals surface area contributed by atoms with Gasteiger partial charge in [0.15, 0.2) is 15.3 Å². The molecule has 0 atom stereocenters. The normalized spacial score (nSPS) is 9.82. The fraction of sp³-hybridized carbons (Fsp3) is 0. The summed E-state index contributed by atoms with van der Waals surface area (Å²) in [4.78, 5) is 4.22. The third-order valence-corrected chi connectivity index (χ3v) is 3.17. The predicted octanol–water partition coefficient (Wildman–Crippen LogP) is 3.15. The average Bonchev–Trinajstić information content (AvgIpc) is 2.58. The second kappa shape index (κ2) is 3.07. The molecular weight excluding hydrogens is 174 g/mol. The third-order valence-electron chi connectivity index (χ3n) is 1.36. The highest BCUT2D eigenvalue weighted by molar-refractivity contribution is 7.69. The Bertz CT molecular complexity index is 315. The van der Waals surface area contributed by atoms with E-state index in [1.54, 1.807) is 20.7 Å². The zero-order valence-electron chi connectivity index (χ0n) is 5.73. The van der Waals surface area contributed by atoms with Gasteiger partial charge < -0.3 is 0 Å². The molecule has 0 fully saturated rings. The van der Waals surface area contributed by atoms with Crippen molar-refractivity contribution in [2.75, 3.05) is 0 Å². The van der Waals surface area contributed by atoms with E-state index in [4.69, 9.17) is 0 Å². The summed E-state index contributed by atoms with van der Waals surface area (Å²) < 4.78 is 0. The number of benzene rings is 1. The molecule has 2 aromatic rings. The minimum Gasteiger partial charge on any atom is -0.183 e. The van der Waals surface area contributed by atoms with Gasteiger partial charge in [-0.05, 0) is 0 Å². The van der Waals surface area contributed by atoms with Crippen LogP contribution < -0.4 is 0 Å². The Morgan fingerprint density at radius 1 is 1.18 bits per heavy atom. The molecule has 1 nitrogen and oxygen atoms in total. The molecule has 0 aliphatic carbocycles. The predicted molar refractivity (Wildman–Crippen MR) is 49.8 cm³/mol. The lowest BCUT2D eigenvalue weighted by Crippen LogP contribution is -1.71. The summed E-state index contributed by atoms with van der Waals surface area (Å²) in [6.07, 6.45) is 0. The highest BCUT2D eigenvalue weighted by atomic mass is 32.9. The lowest BCUT2D eigenvalue weighted by atomic mass is 10.2. The minimum atomic E-state index is 1.11. The first kappa shape index (κ1) is 6.88. The fourth-order valence-electron chi connectivity index (χ4n) is 0.861. The molecule has 0 saturated heterocycles. The number of hydrogen-bond acceptors (Lipinski definition) is 2. The van der Waals surface area contributed by atoms with E-state index < -0.39 is 0 Å². The zero-order valence-corrected chi connectivity index (χ0v) is 7.36. The van der Waals surface area contributed by atoms with Crippen LogP contribution in [0.4, 0.5) is 0 Å². The Labute approximate surface area is 72.4 Å².